The molecular weight excluding hydrogens is 234 g/mol. The standard InChI is InChI=1S/C16H11N3/c17-10-15(16-7-8-18-11-19-16)14-6-5-12-3-1-2-4-13(12)9-14/h1-9,11,15H. The van der Waals surface area contributed by atoms with Gasteiger partial charge in [-0.1, -0.05) is 36.4 Å². The first-order chi connectivity index (χ1) is 9.38. The summed E-state index contributed by atoms with van der Waals surface area (Å²) < 4.78 is 0. The molecule has 0 saturated heterocycles. The van der Waals surface area contributed by atoms with Gasteiger partial charge in [0.25, 0.3) is 0 Å². The molecule has 1 aromatic heterocycles. The maximum atomic E-state index is 9.39. The van der Waals surface area contributed by atoms with Crippen molar-refractivity contribution in [3.05, 3.63) is 72.3 Å². The number of hydrogen-bond acceptors (Lipinski definition) is 3. The third-order valence-electron chi connectivity index (χ3n) is 3.14. The lowest BCUT2D eigenvalue weighted by molar-refractivity contribution is 0.945. The van der Waals surface area contributed by atoms with Gasteiger partial charge in [-0.15, -0.1) is 0 Å². The normalized spacial score (nSPS) is 11.9. The van der Waals surface area contributed by atoms with Gasteiger partial charge in [0.1, 0.15) is 12.2 Å². The molecule has 2 aromatic carbocycles. The van der Waals surface area contributed by atoms with Gasteiger partial charge in [0.2, 0.25) is 0 Å². The van der Waals surface area contributed by atoms with Crippen LogP contribution in [0.2, 0.25) is 0 Å². The molecule has 3 rings (SSSR count). The van der Waals surface area contributed by atoms with Crippen LogP contribution >= 0.6 is 0 Å². The Kier molecular flexibility index (Phi) is 2.91. The zero-order valence-corrected chi connectivity index (χ0v) is 10.2. The second kappa shape index (κ2) is 4.87. The predicted octanol–water partition coefficient (Wildman–Crippen LogP) is 3.29. The van der Waals surface area contributed by atoms with Gasteiger partial charge in [-0.25, -0.2) is 9.97 Å². The Balaban J connectivity index is 2.10. The van der Waals surface area contributed by atoms with E-state index < -0.39 is 0 Å². The molecule has 0 radical (unpaired) electrons. The molecule has 0 bridgehead atoms. The number of fused-ring (bicyclic) bond motifs is 1. The fraction of sp³-hybridized carbons (Fsp3) is 0.0625. The van der Waals surface area contributed by atoms with E-state index in [0.717, 1.165) is 16.6 Å². The van der Waals surface area contributed by atoms with Crippen molar-refractivity contribution in [2.45, 2.75) is 5.92 Å². The van der Waals surface area contributed by atoms with Gasteiger partial charge in [-0.2, -0.15) is 5.26 Å². The van der Waals surface area contributed by atoms with E-state index in [1.54, 1.807) is 12.3 Å². The second-order valence-electron chi connectivity index (χ2n) is 4.30. The summed E-state index contributed by atoms with van der Waals surface area (Å²) in [6.45, 7) is 0. The minimum atomic E-state index is -0.354. The molecule has 0 fully saturated rings. The van der Waals surface area contributed by atoms with Crippen LogP contribution in [-0.4, -0.2) is 9.97 Å². The highest BCUT2D eigenvalue weighted by Crippen LogP contribution is 2.25. The smallest absolute Gasteiger partial charge is 0.115 e. The third kappa shape index (κ3) is 2.16. The highest BCUT2D eigenvalue weighted by Gasteiger charge is 2.14. The van der Waals surface area contributed by atoms with Crippen molar-refractivity contribution in [2.75, 3.05) is 0 Å². The Morgan fingerprint density at radius 3 is 2.58 bits per heavy atom. The maximum Gasteiger partial charge on any atom is 0.115 e. The Labute approximate surface area is 111 Å². The zero-order valence-electron chi connectivity index (χ0n) is 10.2. The number of rotatable bonds is 2. The van der Waals surface area contributed by atoms with Crippen LogP contribution in [-0.2, 0) is 0 Å². The van der Waals surface area contributed by atoms with E-state index in [1.807, 2.05) is 36.4 Å². The second-order valence-corrected chi connectivity index (χ2v) is 4.30. The van der Waals surface area contributed by atoms with Crippen molar-refractivity contribution in [1.82, 2.24) is 9.97 Å². The average molecular weight is 245 g/mol. The summed E-state index contributed by atoms with van der Waals surface area (Å²) in [5.74, 6) is -0.354. The number of hydrogen-bond donors (Lipinski definition) is 0. The van der Waals surface area contributed by atoms with Gasteiger partial charge in [-0.05, 0) is 28.5 Å². The summed E-state index contributed by atoms with van der Waals surface area (Å²) in [4.78, 5) is 8.06. The Morgan fingerprint density at radius 1 is 1.00 bits per heavy atom. The van der Waals surface area contributed by atoms with Gasteiger partial charge < -0.3 is 0 Å². The molecule has 1 heterocycles. The molecule has 3 nitrogen and oxygen atoms in total. The van der Waals surface area contributed by atoms with E-state index in [9.17, 15) is 5.26 Å². The van der Waals surface area contributed by atoms with Crippen LogP contribution in [0.3, 0.4) is 0 Å². The molecule has 1 atom stereocenters. The van der Waals surface area contributed by atoms with Crippen LogP contribution in [0.1, 0.15) is 17.2 Å². The summed E-state index contributed by atoms with van der Waals surface area (Å²) in [7, 11) is 0. The largest absolute Gasteiger partial charge is 0.245 e. The van der Waals surface area contributed by atoms with Crippen molar-refractivity contribution in [3.63, 3.8) is 0 Å². The first-order valence-corrected chi connectivity index (χ1v) is 6.03. The molecule has 0 saturated carbocycles. The van der Waals surface area contributed by atoms with Crippen molar-refractivity contribution in [1.29, 1.82) is 5.26 Å². The molecule has 0 aliphatic heterocycles. The summed E-state index contributed by atoms with van der Waals surface area (Å²) in [6, 6.07) is 18.3. The predicted molar refractivity (Wildman–Crippen MR) is 73.4 cm³/mol. The molecule has 3 heteroatoms. The van der Waals surface area contributed by atoms with E-state index >= 15 is 0 Å². The van der Waals surface area contributed by atoms with Crippen LogP contribution < -0.4 is 0 Å². The van der Waals surface area contributed by atoms with E-state index in [0.29, 0.717) is 0 Å². The summed E-state index contributed by atoms with van der Waals surface area (Å²) in [6.07, 6.45) is 3.13. The molecule has 0 N–H and O–H groups in total. The average Bonchev–Trinajstić information content (AvgIpc) is 2.49. The maximum absolute atomic E-state index is 9.39. The van der Waals surface area contributed by atoms with Crippen molar-refractivity contribution < 1.29 is 0 Å². The first kappa shape index (κ1) is 11.4. The van der Waals surface area contributed by atoms with Crippen LogP contribution in [0.25, 0.3) is 10.8 Å². The number of nitrogens with zero attached hydrogens (tertiary/aromatic N) is 3. The summed E-state index contributed by atoms with van der Waals surface area (Å²) in [5.41, 5.74) is 1.69. The molecule has 0 aliphatic carbocycles. The highest BCUT2D eigenvalue weighted by molar-refractivity contribution is 5.83. The molecule has 19 heavy (non-hydrogen) atoms. The van der Waals surface area contributed by atoms with E-state index in [4.69, 9.17) is 0 Å². The third-order valence-corrected chi connectivity index (χ3v) is 3.14. The van der Waals surface area contributed by atoms with Crippen molar-refractivity contribution in [2.24, 2.45) is 0 Å². The number of benzene rings is 2. The van der Waals surface area contributed by atoms with Gasteiger partial charge in [-0.3, -0.25) is 0 Å². The lowest BCUT2D eigenvalue weighted by atomic mass is 9.94. The van der Waals surface area contributed by atoms with E-state index in [2.05, 4.69) is 22.1 Å². The molecule has 0 spiro atoms. The van der Waals surface area contributed by atoms with Gasteiger partial charge in [0, 0.05) is 6.20 Å². The van der Waals surface area contributed by atoms with E-state index in [1.165, 1.54) is 11.7 Å². The minimum Gasteiger partial charge on any atom is -0.245 e. The molecular formula is C16H11N3. The quantitative estimate of drug-likeness (QED) is 0.696. The highest BCUT2D eigenvalue weighted by atomic mass is 14.8. The fourth-order valence-electron chi connectivity index (χ4n) is 2.17. The monoisotopic (exact) mass is 245 g/mol. The van der Waals surface area contributed by atoms with Crippen LogP contribution in [0.4, 0.5) is 0 Å². The molecule has 90 valence electrons. The Morgan fingerprint density at radius 2 is 1.84 bits per heavy atom. The Hall–Kier alpha value is -2.73. The summed E-state index contributed by atoms with van der Waals surface area (Å²) >= 11 is 0. The topological polar surface area (TPSA) is 49.6 Å². The van der Waals surface area contributed by atoms with Gasteiger partial charge >= 0.3 is 0 Å². The first-order valence-electron chi connectivity index (χ1n) is 6.03. The van der Waals surface area contributed by atoms with Crippen molar-refractivity contribution >= 4 is 10.8 Å². The van der Waals surface area contributed by atoms with Crippen molar-refractivity contribution in [3.8, 4) is 6.07 Å². The number of nitriles is 1. The van der Waals surface area contributed by atoms with Crippen LogP contribution in [0.5, 0.6) is 0 Å². The Bertz CT molecular complexity index is 745. The fourth-order valence-corrected chi connectivity index (χ4v) is 2.17. The number of aromatic nitrogens is 2. The molecule has 3 aromatic rings. The van der Waals surface area contributed by atoms with Gasteiger partial charge in [0.05, 0.1) is 11.8 Å². The minimum absolute atomic E-state index is 0.354. The van der Waals surface area contributed by atoms with Gasteiger partial charge in [0.15, 0.2) is 0 Å². The lowest BCUT2D eigenvalue weighted by Crippen LogP contribution is -2.01. The molecule has 0 aliphatic rings. The lowest BCUT2D eigenvalue weighted by Gasteiger charge is -2.09. The SMILES string of the molecule is N#CC(c1ccc2ccccc2c1)c1ccncn1. The van der Waals surface area contributed by atoms with E-state index in [-0.39, 0.29) is 5.92 Å². The van der Waals surface area contributed by atoms with Crippen LogP contribution in [0.15, 0.2) is 61.1 Å². The molecule has 1 unspecified atom stereocenters. The zero-order chi connectivity index (χ0) is 13.1. The van der Waals surface area contributed by atoms with Crippen LogP contribution in [0, 0.1) is 11.3 Å². The molecule has 0 amide bonds. The summed E-state index contributed by atoms with van der Waals surface area (Å²) in [5, 5.41) is 11.7.